The molecule has 0 aliphatic rings. The Morgan fingerprint density at radius 2 is 1.80 bits per heavy atom. The van der Waals surface area contributed by atoms with Crippen molar-refractivity contribution in [2.75, 3.05) is 0 Å². The monoisotopic (exact) mass is 118 g/mol. The van der Waals surface area contributed by atoms with Crippen LogP contribution in [0.5, 0.6) is 0 Å². The van der Waals surface area contributed by atoms with Crippen LogP contribution >= 0.6 is 0 Å². The van der Waals surface area contributed by atoms with Gasteiger partial charge in [-0.15, -0.1) is 0 Å². The third-order valence-corrected chi connectivity index (χ3v) is 0. The van der Waals surface area contributed by atoms with E-state index in [9.17, 15) is 0 Å². The molecule has 0 heterocycles. The molecule has 0 spiro atoms. The van der Waals surface area contributed by atoms with Crippen molar-refractivity contribution in [3.63, 3.8) is 0 Å². The van der Waals surface area contributed by atoms with Gasteiger partial charge < -0.3 is 9.90 Å². The first-order chi connectivity index (χ1) is 1.73. The summed E-state index contributed by atoms with van der Waals surface area (Å²) in [6.45, 7) is 0.972. The van der Waals surface area contributed by atoms with Crippen LogP contribution in [0, 0.1) is 0 Å². The van der Waals surface area contributed by atoms with E-state index in [4.69, 9.17) is 9.90 Å². The first kappa shape index (κ1) is 8.88. The van der Waals surface area contributed by atoms with Crippen LogP contribution in [0.2, 0.25) is 0 Å². The van der Waals surface area contributed by atoms with E-state index in [0.29, 0.717) is 0 Å². The number of hydrogen-bond acceptors (Lipinski definition) is 2. The molecule has 0 fully saturated rings. The zero-order valence-electron chi connectivity index (χ0n) is 2.65. The summed E-state index contributed by atoms with van der Waals surface area (Å²) in [6.07, 6.45) is 0. The molecular formula is C2H3CoO2+2. The average molecular weight is 118 g/mol. The fraction of sp³-hybridized carbons (Fsp3) is 0.500. The minimum atomic E-state index is -1.08. The van der Waals surface area contributed by atoms with Crippen molar-refractivity contribution in [1.82, 2.24) is 0 Å². The van der Waals surface area contributed by atoms with E-state index in [0.717, 1.165) is 6.92 Å². The summed E-state index contributed by atoms with van der Waals surface area (Å²) in [4.78, 5) is 8.89. The Morgan fingerprint density at radius 3 is 1.80 bits per heavy atom. The zero-order valence-corrected chi connectivity index (χ0v) is 3.69. The Labute approximate surface area is 40.4 Å². The summed E-state index contributed by atoms with van der Waals surface area (Å²) >= 11 is 0. The minimum absolute atomic E-state index is 0. The molecule has 0 aromatic rings. The van der Waals surface area contributed by atoms with E-state index in [-0.39, 0.29) is 16.8 Å². The smallest absolute Gasteiger partial charge is 0.550 e. The van der Waals surface area contributed by atoms with E-state index in [1.54, 1.807) is 0 Å². The summed E-state index contributed by atoms with van der Waals surface area (Å²) in [5.41, 5.74) is 0. The molecule has 0 rings (SSSR count). The zero-order chi connectivity index (χ0) is 3.58. The number of rotatable bonds is 0. The van der Waals surface area contributed by atoms with Gasteiger partial charge in [0.15, 0.2) is 0 Å². The van der Waals surface area contributed by atoms with Crippen molar-refractivity contribution in [3.8, 4) is 0 Å². The predicted molar refractivity (Wildman–Crippen MR) is 10.7 cm³/mol. The third kappa shape index (κ3) is 28100. The Hall–Kier alpha value is -0.0235. The van der Waals surface area contributed by atoms with E-state index in [1.807, 2.05) is 0 Å². The largest absolute Gasteiger partial charge is 3.00 e. The molecule has 5 heavy (non-hydrogen) atoms. The second-order valence-corrected chi connectivity index (χ2v) is 0.492. The standard InChI is InChI=1S/C2H4O2.Co/c1-2(3)4;/h1H3,(H,3,4);/q;+3/p-1. The third-order valence-electron chi connectivity index (χ3n) is 0. The topological polar surface area (TPSA) is 40.1 Å². The Kier molecular flexibility index (Phi) is 7.06. The van der Waals surface area contributed by atoms with Crippen molar-refractivity contribution in [1.29, 1.82) is 0 Å². The van der Waals surface area contributed by atoms with E-state index in [1.165, 1.54) is 0 Å². The number of carboxylic acids is 1. The Bertz CT molecular complexity index is 30.6. The van der Waals surface area contributed by atoms with Crippen molar-refractivity contribution in [3.05, 3.63) is 0 Å². The van der Waals surface area contributed by atoms with Crippen LogP contribution in [-0.2, 0) is 21.6 Å². The molecule has 3 heteroatoms. The maximum atomic E-state index is 8.89. The summed E-state index contributed by atoms with van der Waals surface area (Å²) in [6, 6.07) is 0. The molecule has 0 saturated heterocycles. The van der Waals surface area contributed by atoms with Gasteiger partial charge in [-0.2, -0.15) is 0 Å². The van der Waals surface area contributed by atoms with Crippen molar-refractivity contribution in [2.45, 2.75) is 6.92 Å². The molecule has 30 valence electrons. The SMILES string of the molecule is CC(=O)[O-].[Co+3]. The summed E-state index contributed by atoms with van der Waals surface area (Å²) in [7, 11) is 0. The number of carbonyl (C=O) groups is 1. The van der Waals surface area contributed by atoms with E-state index in [2.05, 4.69) is 0 Å². The van der Waals surface area contributed by atoms with Crippen molar-refractivity contribution in [2.24, 2.45) is 0 Å². The second kappa shape index (κ2) is 3.98. The molecule has 0 atom stereocenters. The number of carbonyl (C=O) groups excluding carboxylic acids is 1. The molecule has 0 aromatic carbocycles. The number of aliphatic carboxylic acids is 1. The normalized spacial score (nSPS) is 5.00. The maximum absolute atomic E-state index is 8.89. The molecule has 0 bridgehead atoms. The molecule has 0 radical (unpaired) electrons. The van der Waals surface area contributed by atoms with E-state index >= 15 is 0 Å². The molecule has 0 amide bonds. The van der Waals surface area contributed by atoms with Gasteiger partial charge in [-0.25, -0.2) is 0 Å². The quantitative estimate of drug-likeness (QED) is 0.398. The van der Waals surface area contributed by atoms with Gasteiger partial charge >= 0.3 is 16.8 Å². The molecule has 0 N–H and O–H groups in total. The van der Waals surface area contributed by atoms with Gasteiger partial charge in [-0.05, 0) is 6.92 Å². The van der Waals surface area contributed by atoms with Gasteiger partial charge in [0.25, 0.3) is 0 Å². The van der Waals surface area contributed by atoms with E-state index < -0.39 is 5.97 Å². The van der Waals surface area contributed by atoms with Crippen LogP contribution in [0.3, 0.4) is 0 Å². The molecule has 0 unspecified atom stereocenters. The number of hydrogen-bond donors (Lipinski definition) is 0. The summed E-state index contributed by atoms with van der Waals surface area (Å²) in [5, 5.41) is 8.89. The molecule has 0 aliphatic carbocycles. The molecule has 0 aromatic heterocycles. The first-order valence-electron chi connectivity index (χ1n) is 0.908. The average Bonchev–Trinajstić information content (AvgIpc) is 0.811. The van der Waals surface area contributed by atoms with Crippen molar-refractivity contribution < 1.29 is 26.7 Å². The van der Waals surface area contributed by atoms with Gasteiger partial charge in [0.2, 0.25) is 0 Å². The van der Waals surface area contributed by atoms with Gasteiger partial charge in [-0.1, -0.05) is 0 Å². The van der Waals surface area contributed by atoms with Crippen LogP contribution in [0.25, 0.3) is 0 Å². The van der Waals surface area contributed by atoms with Gasteiger partial charge in [0.1, 0.15) is 0 Å². The van der Waals surface area contributed by atoms with Gasteiger partial charge in [0.05, 0.1) is 0 Å². The summed E-state index contributed by atoms with van der Waals surface area (Å²) < 4.78 is 0. The van der Waals surface area contributed by atoms with Gasteiger partial charge in [0, 0.05) is 5.97 Å². The van der Waals surface area contributed by atoms with Crippen LogP contribution in [0.15, 0.2) is 0 Å². The Morgan fingerprint density at radius 1 is 1.80 bits per heavy atom. The maximum Gasteiger partial charge on any atom is 3.00 e. The molecular weight excluding hydrogens is 115 g/mol. The first-order valence-corrected chi connectivity index (χ1v) is 0.908. The number of carboxylic acid groups (broad SMARTS) is 1. The fourth-order valence-electron chi connectivity index (χ4n) is 0. The molecule has 0 aliphatic heterocycles. The summed E-state index contributed by atoms with van der Waals surface area (Å²) in [5.74, 6) is -1.08. The van der Waals surface area contributed by atoms with Gasteiger partial charge in [-0.3, -0.25) is 0 Å². The fourth-order valence-corrected chi connectivity index (χ4v) is 0. The Balaban J connectivity index is 0. The minimum Gasteiger partial charge on any atom is -0.550 e. The van der Waals surface area contributed by atoms with Crippen LogP contribution in [-0.4, -0.2) is 5.97 Å². The van der Waals surface area contributed by atoms with Crippen LogP contribution in [0.4, 0.5) is 0 Å². The molecule has 2 nitrogen and oxygen atoms in total. The van der Waals surface area contributed by atoms with Crippen LogP contribution in [0.1, 0.15) is 6.92 Å². The second-order valence-electron chi connectivity index (χ2n) is 0.492. The predicted octanol–water partition coefficient (Wildman–Crippen LogP) is -1.25. The van der Waals surface area contributed by atoms with Crippen molar-refractivity contribution >= 4 is 5.97 Å². The van der Waals surface area contributed by atoms with Crippen LogP contribution < -0.4 is 5.11 Å². The molecule has 0 saturated carbocycles.